The molecule has 4 nitrogen and oxygen atoms in total. The smallest absolute Gasteiger partial charge is 0.193 e. The average Bonchev–Trinajstić information content (AvgIpc) is 3.08. The molecule has 0 saturated heterocycles. The predicted octanol–water partition coefficient (Wildman–Crippen LogP) is 2.88. The van der Waals surface area contributed by atoms with Gasteiger partial charge in [-0.25, -0.2) is 4.98 Å². The minimum atomic E-state index is 0. The standard InChI is InChI=1S/C13H22N4S.HI/c1-10-16-12(9-18-10)8-17(3)13(14-2)15-7-6-11-4-5-11;/h9,11H,4-8H2,1-3H3,(H,14,15);1H. The Morgan fingerprint density at radius 1 is 1.58 bits per heavy atom. The second kappa shape index (κ2) is 8.04. The molecule has 1 aliphatic carbocycles. The third-order valence-corrected chi connectivity index (χ3v) is 3.99. The van der Waals surface area contributed by atoms with Crippen molar-refractivity contribution in [2.45, 2.75) is 32.7 Å². The fourth-order valence-electron chi connectivity index (χ4n) is 1.98. The molecule has 0 spiro atoms. The average molecular weight is 394 g/mol. The summed E-state index contributed by atoms with van der Waals surface area (Å²) in [4.78, 5) is 10.9. The summed E-state index contributed by atoms with van der Waals surface area (Å²) in [7, 11) is 3.89. The number of aryl methyl sites for hydroxylation is 1. The second-order valence-corrected chi connectivity index (χ2v) is 5.98. The number of thiazole rings is 1. The van der Waals surface area contributed by atoms with Gasteiger partial charge < -0.3 is 10.2 Å². The van der Waals surface area contributed by atoms with E-state index < -0.39 is 0 Å². The van der Waals surface area contributed by atoms with Gasteiger partial charge in [0.2, 0.25) is 0 Å². The molecule has 1 N–H and O–H groups in total. The molecule has 0 atom stereocenters. The summed E-state index contributed by atoms with van der Waals surface area (Å²) < 4.78 is 0. The van der Waals surface area contributed by atoms with Gasteiger partial charge in [-0.15, -0.1) is 35.3 Å². The molecule has 1 fully saturated rings. The first-order valence-corrected chi connectivity index (χ1v) is 7.40. The number of rotatable bonds is 5. The molecule has 1 aliphatic rings. The Hall–Kier alpha value is -0.370. The number of halogens is 1. The molecule has 1 aromatic rings. The molecule has 0 radical (unpaired) electrons. The van der Waals surface area contributed by atoms with Crippen molar-refractivity contribution in [1.29, 1.82) is 0 Å². The Labute approximate surface area is 136 Å². The number of nitrogens with zero attached hydrogens (tertiary/aromatic N) is 3. The van der Waals surface area contributed by atoms with Gasteiger partial charge in [0.15, 0.2) is 5.96 Å². The van der Waals surface area contributed by atoms with Crippen LogP contribution in [0.4, 0.5) is 0 Å². The van der Waals surface area contributed by atoms with Crippen LogP contribution in [0.5, 0.6) is 0 Å². The van der Waals surface area contributed by atoms with E-state index in [4.69, 9.17) is 0 Å². The Morgan fingerprint density at radius 2 is 2.32 bits per heavy atom. The maximum Gasteiger partial charge on any atom is 0.193 e. The van der Waals surface area contributed by atoms with Crippen molar-refractivity contribution >= 4 is 41.3 Å². The molecule has 108 valence electrons. The van der Waals surface area contributed by atoms with Crippen molar-refractivity contribution in [1.82, 2.24) is 15.2 Å². The summed E-state index contributed by atoms with van der Waals surface area (Å²) in [5.41, 5.74) is 1.12. The number of hydrogen-bond donors (Lipinski definition) is 1. The number of aromatic nitrogens is 1. The van der Waals surface area contributed by atoms with Gasteiger partial charge in [0.25, 0.3) is 0 Å². The van der Waals surface area contributed by atoms with Crippen LogP contribution in [0.1, 0.15) is 30.0 Å². The van der Waals surface area contributed by atoms with Crippen LogP contribution in [0.2, 0.25) is 0 Å². The molecule has 0 amide bonds. The fourth-order valence-corrected chi connectivity index (χ4v) is 2.58. The SMILES string of the molecule is CN=C(NCCC1CC1)N(C)Cc1csc(C)n1.I. The second-order valence-electron chi connectivity index (χ2n) is 4.92. The van der Waals surface area contributed by atoms with Crippen molar-refractivity contribution in [2.24, 2.45) is 10.9 Å². The predicted molar refractivity (Wildman–Crippen MR) is 92.4 cm³/mol. The lowest BCUT2D eigenvalue weighted by Crippen LogP contribution is -2.39. The molecular formula is C13H23IN4S. The van der Waals surface area contributed by atoms with Crippen LogP contribution in [-0.4, -0.2) is 36.5 Å². The topological polar surface area (TPSA) is 40.5 Å². The summed E-state index contributed by atoms with van der Waals surface area (Å²) in [6.45, 7) is 3.88. The highest BCUT2D eigenvalue weighted by molar-refractivity contribution is 14.0. The van der Waals surface area contributed by atoms with Crippen LogP contribution in [-0.2, 0) is 6.54 Å². The lowest BCUT2D eigenvalue weighted by Gasteiger charge is -2.21. The molecule has 19 heavy (non-hydrogen) atoms. The molecule has 1 heterocycles. The van der Waals surface area contributed by atoms with E-state index >= 15 is 0 Å². The highest BCUT2D eigenvalue weighted by Gasteiger charge is 2.20. The highest BCUT2D eigenvalue weighted by atomic mass is 127. The third kappa shape index (κ3) is 5.64. The van der Waals surface area contributed by atoms with E-state index in [0.717, 1.165) is 35.7 Å². The highest BCUT2D eigenvalue weighted by Crippen LogP contribution is 2.31. The maximum atomic E-state index is 4.48. The first-order valence-electron chi connectivity index (χ1n) is 6.52. The van der Waals surface area contributed by atoms with Crippen molar-refractivity contribution in [2.75, 3.05) is 20.6 Å². The summed E-state index contributed by atoms with van der Waals surface area (Å²) in [5.74, 6) is 1.92. The number of aliphatic imine (C=N–C) groups is 1. The summed E-state index contributed by atoms with van der Waals surface area (Å²) in [5, 5.41) is 6.65. The number of guanidine groups is 1. The number of hydrogen-bond acceptors (Lipinski definition) is 3. The van der Waals surface area contributed by atoms with Crippen LogP contribution >= 0.6 is 35.3 Å². The van der Waals surface area contributed by atoms with Gasteiger partial charge in [0.05, 0.1) is 17.2 Å². The molecule has 2 rings (SSSR count). The quantitative estimate of drug-likeness (QED) is 0.474. The van der Waals surface area contributed by atoms with Gasteiger partial charge in [0.1, 0.15) is 0 Å². The Morgan fingerprint density at radius 3 is 2.84 bits per heavy atom. The zero-order chi connectivity index (χ0) is 13.0. The monoisotopic (exact) mass is 394 g/mol. The first kappa shape index (κ1) is 16.7. The van der Waals surface area contributed by atoms with E-state index in [0.29, 0.717) is 0 Å². The Bertz CT molecular complexity index is 415. The van der Waals surface area contributed by atoms with E-state index in [9.17, 15) is 0 Å². The zero-order valence-corrected chi connectivity index (χ0v) is 15.0. The normalized spacial score (nSPS) is 15.0. The van der Waals surface area contributed by atoms with Crippen molar-refractivity contribution < 1.29 is 0 Å². The van der Waals surface area contributed by atoms with E-state index in [1.54, 1.807) is 11.3 Å². The zero-order valence-electron chi connectivity index (χ0n) is 11.8. The van der Waals surface area contributed by atoms with Gasteiger partial charge in [-0.3, -0.25) is 4.99 Å². The molecule has 0 aromatic carbocycles. The van der Waals surface area contributed by atoms with Crippen LogP contribution < -0.4 is 5.32 Å². The molecule has 0 aliphatic heterocycles. The number of nitrogens with one attached hydrogen (secondary N) is 1. The van der Waals surface area contributed by atoms with E-state index in [1.807, 2.05) is 14.0 Å². The van der Waals surface area contributed by atoms with Crippen molar-refractivity contribution in [3.8, 4) is 0 Å². The minimum Gasteiger partial charge on any atom is -0.356 e. The van der Waals surface area contributed by atoms with Gasteiger partial charge in [-0.05, 0) is 19.3 Å². The lowest BCUT2D eigenvalue weighted by molar-refractivity contribution is 0.468. The molecule has 0 unspecified atom stereocenters. The van der Waals surface area contributed by atoms with Gasteiger partial charge in [-0.1, -0.05) is 12.8 Å². The molecule has 1 aromatic heterocycles. The van der Waals surface area contributed by atoms with Crippen molar-refractivity contribution in [3.05, 3.63) is 16.1 Å². The van der Waals surface area contributed by atoms with E-state index in [-0.39, 0.29) is 24.0 Å². The lowest BCUT2D eigenvalue weighted by atomic mass is 10.3. The molecule has 0 bridgehead atoms. The van der Waals surface area contributed by atoms with E-state index in [1.165, 1.54) is 19.3 Å². The minimum absolute atomic E-state index is 0. The third-order valence-electron chi connectivity index (χ3n) is 3.17. The summed E-state index contributed by atoms with van der Waals surface area (Å²) >= 11 is 1.70. The van der Waals surface area contributed by atoms with Crippen LogP contribution in [0.25, 0.3) is 0 Å². The van der Waals surface area contributed by atoms with Crippen LogP contribution in [0, 0.1) is 12.8 Å². The van der Waals surface area contributed by atoms with Crippen LogP contribution in [0.3, 0.4) is 0 Å². The van der Waals surface area contributed by atoms with Gasteiger partial charge >= 0.3 is 0 Å². The van der Waals surface area contributed by atoms with Gasteiger partial charge in [0, 0.05) is 26.0 Å². The maximum absolute atomic E-state index is 4.48. The van der Waals surface area contributed by atoms with Gasteiger partial charge in [-0.2, -0.15) is 0 Å². The Kier molecular flexibility index (Phi) is 7.06. The first-order chi connectivity index (χ1) is 8.69. The summed E-state index contributed by atoms with van der Waals surface area (Å²) in [6.07, 6.45) is 4.09. The Balaban J connectivity index is 0.00000180. The van der Waals surface area contributed by atoms with Crippen molar-refractivity contribution in [3.63, 3.8) is 0 Å². The molecule has 6 heteroatoms. The van der Waals surface area contributed by atoms with Crippen LogP contribution in [0.15, 0.2) is 10.4 Å². The van der Waals surface area contributed by atoms with E-state index in [2.05, 4.69) is 32.6 Å². The summed E-state index contributed by atoms with van der Waals surface area (Å²) in [6, 6.07) is 0. The molecular weight excluding hydrogens is 371 g/mol. The fraction of sp³-hybridized carbons (Fsp3) is 0.692. The molecule has 1 saturated carbocycles. The largest absolute Gasteiger partial charge is 0.356 e.